The van der Waals surface area contributed by atoms with Gasteiger partial charge in [-0.3, -0.25) is 4.79 Å². The van der Waals surface area contributed by atoms with Crippen LogP contribution in [0, 0.1) is 0 Å². The number of aromatic nitrogens is 1. The van der Waals surface area contributed by atoms with Gasteiger partial charge in [-0.25, -0.2) is 4.98 Å². The minimum Gasteiger partial charge on any atom is -0.339 e. The minimum atomic E-state index is 0.302. The van der Waals surface area contributed by atoms with Gasteiger partial charge in [-0.15, -0.1) is 11.3 Å². The van der Waals surface area contributed by atoms with E-state index in [9.17, 15) is 4.79 Å². The first kappa shape index (κ1) is 17.1. The third-order valence-electron chi connectivity index (χ3n) is 4.54. The molecule has 0 radical (unpaired) electrons. The lowest BCUT2D eigenvalue weighted by molar-refractivity contribution is -0.128. The number of carbonyl (C=O) groups is 1. The second kappa shape index (κ2) is 8.40. The smallest absolute Gasteiger partial charge is 0.222 e. The molecule has 3 rings (SSSR count). The predicted octanol–water partition coefficient (Wildman–Crippen LogP) is 3.34. The summed E-state index contributed by atoms with van der Waals surface area (Å²) in [6, 6.07) is 10.6. The van der Waals surface area contributed by atoms with Crippen molar-refractivity contribution in [2.24, 2.45) is 0 Å². The van der Waals surface area contributed by atoms with Gasteiger partial charge >= 0.3 is 0 Å². The Kier molecular flexibility index (Phi) is 5.99. The summed E-state index contributed by atoms with van der Waals surface area (Å²) in [5, 5.41) is 6.58. The van der Waals surface area contributed by atoms with Crippen LogP contribution in [0.3, 0.4) is 0 Å². The van der Waals surface area contributed by atoms with Gasteiger partial charge in [0, 0.05) is 36.4 Å². The molecule has 24 heavy (non-hydrogen) atoms. The van der Waals surface area contributed by atoms with Crippen molar-refractivity contribution in [2.45, 2.75) is 38.6 Å². The van der Waals surface area contributed by atoms with Gasteiger partial charge in [-0.05, 0) is 25.9 Å². The topological polar surface area (TPSA) is 45.2 Å². The average Bonchev–Trinajstić information content (AvgIpc) is 3.21. The molecule has 4 nitrogen and oxygen atoms in total. The van der Waals surface area contributed by atoms with Gasteiger partial charge in [0.15, 0.2) is 0 Å². The Morgan fingerprint density at radius 1 is 1.33 bits per heavy atom. The summed E-state index contributed by atoms with van der Waals surface area (Å²) < 4.78 is 0. The van der Waals surface area contributed by atoms with E-state index in [4.69, 9.17) is 4.98 Å². The molecule has 2 aromatic rings. The monoisotopic (exact) mass is 343 g/mol. The Hall–Kier alpha value is -1.72. The molecule has 5 heteroatoms. The maximum Gasteiger partial charge on any atom is 0.222 e. The second-order valence-electron chi connectivity index (χ2n) is 6.16. The van der Waals surface area contributed by atoms with E-state index in [1.54, 1.807) is 11.3 Å². The van der Waals surface area contributed by atoms with Crippen molar-refractivity contribution in [2.75, 3.05) is 19.6 Å². The highest BCUT2D eigenvalue weighted by molar-refractivity contribution is 7.09. The highest BCUT2D eigenvalue weighted by atomic mass is 32.1. The van der Waals surface area contributed by atoms with E-state index in [0.29, 0.717) is 18.4 Å². The Morgan fingerprint density at radius 2 is 2.17 bits per heavy atom. The molecule has 1 aromatic carbocycles. The first-order valence-electron chi connectivity index (χ1n) is 8.78. The lowest BCUT2D eigenvalue weighted by atomic mass is 10.1. The number of carbonyl (C=O) groups excluding carboxylic acids is 1. The molecule has 0 saturated carbocycles. The standard InChI is InChI=1S/C19H25N3OS/c1-2-20-12-10-16-8-9-19(23)22(16)13-11-18-21-17(14-24-18)15-6-4-3-5-7-15/h3-7,14,16,20H,2,8-13H2,1H3. The van der Waals surface area contributed by atoms with Gasteiger partial charge in [0.25, 0.3) is 0 Å². The molecule has 0 spiro atoms. The fourth-order valence-corrected chi connectivity index (χ4v) is 4.03. The maximum absolute atomic E-state index is 12.2. The van der Waals surface area contributed by atoms with Crippen LogP contribution >= 0.6 is 11.3 Å². The summed E-state index contributed by atoms with van der Waals surface area (Å²) in [6.45, 7) is 4.88. The fraction of sp³-hybridized carbons (Fsp3) is 0.474. The van der Waals surface area contributed by atoms with Crippen LogP contribution in [0.1, 0.15) is 31.2 Å². The Labute approximate surface area is 147 Å². The number of nitrogens with one attached hydrogen (secondary N) is 1. The van der Waals surface area contributed by atoms with E-state index in [1.807, 2.05) is 18.2 Å². The summed E-state index contributed by atoms with van der Waals surface area (Å²) in [5.41, 5.74) is 2.19. The van der Waals surface area contributed by atoms with Crippen molar-refractivity contribution in [3.8, 4) is 11.3 Å². The van der Waals surface area contributed by atoms with Crippen LogP contribution in [0.4, 0.5) is 0 Å². The third kappa shape index (κ3) is 4.22. The molecule has 1 saturated heterocycles. The quantitative estimate of drug-likeness (QED) is 0.748. The first-order chi connectivity index (χ1) is 11.8. The van der Waals surface area contributed by atoms with Crippen LogP contribution < -0.4 is 5.32 Å². The fourth-order valence-electron chi connectivity index (χ4n) is 3.23. The average molecular weight is 343 g/mol. The molecule has 2 heterocycles. The largest absolute Gasteiger partial charge is 0.339 e. The number of benzene rings is 1. The van der Waals surface area contributed by atoms with Gasteiger partial charge < -0.3 is 10.2 Å². The molecule has 1 N–H and O–H groups in total. The number of hydrogen-bond donors (Lipinski definition) is 1. The Morgan fingerprint density at radius 3 is 2.96 bits per heavy atom. The maximum atomic E-state index is 12.2. The summed E-state index contributed by atoms with van der Waals surface area (Å²) >= 11 is 1.69. The van der Waals surface area contributed by atoms with E-state index in [0.717, 1.165) is 55.2 Å². The van der Waals surface area contributed by atoms with Crippen molar-refractivity contribution in [1.29, 1.82) is 0 Å². The van der Waals surface area contributed by atoms with Crippen LogP contribution in [0.2, 0.25) is 0 Å². The normalized spacial score (nSPS) is 17.6. The Bertz CT molecular complexity index is 656. The van der Waals surface area contributed by atoms with Crippen LogP contribution in [-0.4, -0.2) is 41.5 Å². The number of likely N-dealkylation sites (tertiary alicyclic amines) is 1. The van der Waals surface area contributed by atoms with Crippen molar-refractivity contribution < 1.29 is 4.79 Å². The molecule has 1 aromatic heterocycles. The zero-order chi connectivity index (χ0) is 16.8. The molecule has 0 aliphatic carbocycles. The highest BCUT2D eigenvalue weighted by Gasteiger charge is 2.30. The molecule has 1 unspecified atom stereocenters. The van der Waals surface area contributed by atoms with Crippen LogP contribution in [-0.2, 0) is 11.2 Å². The lowest BCUT2D eigenvalue weighted by Gasteiger charge is -2.24. The summed E-state index contributed by atoms with van der Waals surface area (Å²) in [7, 11) is 0. The molecule has 0 bridgehead atoms. The summed E-state index contributed by atoms with van der Waals surface area (Å²) in [5.74, 6) is 0.302. The molecular weight excluding hydrogens is 318 g/mol. The van der Waals surface area contributed by atoms with E-state index in [-0.39, 0.29) is 0 Å². The summed E-state index contributed by atoms with van der Waals surface area (Å²) in [6.07, 6.45) is 3.59. The van der Waals surface area contributed by atoms with E-state index in [1.165, 1.54) is 0 Å². The van der Waals surface area contributed by atoms with Gasteiger partial charge in [0.2, 0.25) is 5.91 Å². The van der Waals surface area contributed by atoms with Gasteiger partial charge in [0.05, 0.1) is 10.7 Å². The number of amides is 1. The predicted molar refractivity (Wildman–Crippen MR) is 99.1 cm³/mol. The van der Waals surface area contributed by atoms with Crippen LogP contribution in [0.15, 0.2) is 35.7 Å². The zero-order valence-electron chi connectivity index (χ0n) is 14.2. The molecule has 128 valence electrons. The van der Waals surface area contributed by atoms with Crippen molar-refractivity contribution in [1.82, 2.24) is 15.2 Å². The van der Waals surface area contributed by atoms with Crippen LogP contribution in [0.5, 0.6) is 0 Å². The molecule has 1 fully saturated rings. The third-order valence-corrected chi connectivity index (χ3v) is 5.45. The van der Waals surface area contributed by atoms with Gasteiger partial charge in [-0.1, -0.05) is 37.3 Å². The Balaban J connectivity index is 1.56. The number of thiazole rings is 1. The number of rotatable bonds is 8. The molecule has 1 aliphatic rings. The highest BCUT2D eigenvalue weighted by Crippen LogP contribution is 2.24. The van der Waals surface area contributed by atoms with Crippen molar-refractivity contribution >= 4 is 17.2 Å². The molecular formula is C19H25N3OS. The molecule has 1 atom stereocenters. The van der Waals surface area contributed by atoms with Gasteiger partial charge in [0.1, 0.15) is 0 Å². The summed E-state index contributed by atoms with van der Waals surface area (Å²) in [4.78, 5) is 19.0. The van der Waals surface area contributed by atoms with E-state index < -0.39 is 0 Å². The zero-order valence-corrected chi connectivity index (χ0v) is 15.0. The number of hydrogen-bond acceptors (Lipinski definition) is 4. The molecule has 1 amide bonds. The van der Waals surface area contributed by atoms with E-state index in [2.05, 4.69) is 34.7 Å². The van der Waals surface area contributed by atoms with Crippen molar-refractivity contribution in [3.05, 3.63) is 40.7 Å². The second-order valence-corrected chi connectivity index (χ2v) is 7.11. The van der Waals surface area contributed by atoms with Crippen molar-refractivity contribution in [3.63, 3.8) is 0 Å². The number of nitrogens with zero attached hydrogens (tertiary/aromatic N) is 2. The molecule has 1 aliphatic heterocycles. The first-order valence-corrected chi connectivity index (χ1v) is 9.66. The van der Waals surface area contributed by atoms with Crippen LogP contribution in [0.25, 0.3) is 11.3 Å². The lowest BCUT2D eigenvalue weighted by Crippen LogP contribution is -2.36. The van der Waals surface area contributed by atoms with Gasteiger partial charge in [-0.2, -0.15) is 0 Å². The minimum absolute atomic E-state index is 0.302. The van der Waals surface area contributed by atoms with E-state index >= 15 is 0 Å². The SMILES string of the molecule is CCNCCC1CCC(=O)N1CCc1nc(-c2ccccc2)cs1.